The van der Waals surface area contributed by atoms with Crippen molar-refractivity contribution in [1.82, 2.24) is 0 Å². The molecule has 0 bridgehead atoms. The lowest BCUT2D eigenvalue weighted by molar-refractivity contribution is -0.134. The van der Waals surface area contributed by atoms with E-state index in [0.29, 0.717) is 12.2 Å². The summed E-state index contributed by atoms with van der Waals surface area (Å²) >= 11 is 0. The van der Waals surface area contributed by atoms with E-state index < -0.39 is 0 Å². The second-order valence-electron chi connectivity index (χ2n) is 7.45. The monoisotopic (exact) mass is 296 g/mol. The molecule has 2 nitrogen and oxygen atoms in total. The summed E-state index contributed by atoms with van der Waals surface area (Å²) < 4.78 is 12.3. The maximum absolute atomic E-state index is 6.25. The first-order chi connectivity index (χ1) is 10.2. The van der Waals surface area contributed by atoms with Gasteiger partial charge in [-0.1, -0.05) is 52.9 Å². The highest BCUT2D eigenvalue weighted by Crippen LogP contribution is 2.34. The molecule has 2 aliphatic heterocycles. The second-order valence-corrected chi connectivity index (χ2v) is 7.45. The molecule has 0 aromatic heterocycles. The van der Waals surface area contributed by atoms with E-state index in [1.165, 1.54) is 57.8 Å². The Balaban J connectivity index is 1.75. The van der Waals surface area contributed by atoms with Crippen molar-refractivity contribution in [3.63, 3.8) is 0 Å². The number of rotatable bonds is 7. The van der Waals surface area contributed by atoms with Gasteiger partial charge >= 0.3 is 0 Å². The molecule has 2 fully saturated rings. The maximum atomic E-state index is 6.25. The third kappa shape index (κ3) is 5.25. The minimum atomic E-state index is 0.377. The molecule has 0 saturated carbocycles. The Labute approximate surface area is 132 Å². The summed E-state index contributed by atoms with van der Waals surface area (Å²) in [6.45, 7) is 8.83. The maximum Gasteiger partial charge on any atom is 0.0836 e. The molecule has 0 amide bonds. The molecule has 2 aliphatic rings. The highest BCUT2D eigenvalue weighted by atomic mass is 16.5. The lowest BCUT2D eigenvalue weighted by atomic mass is 9.80. The van der Waals surface area contributed by atoms with Gasteiger partial charge in [-0.25, -0.2) is 0 Å². The van der Waals surface area contributed by atoms with Crippen LogP contribution in [0.3, 0.4) is 0 Å². The average molecular weight is 296 g/mol. The molecule has 0 radical (unpaired) electrons. The van der Waals surface area contributed by atoms with Crippen LogP contribution in [0.25, 0.3) is 0 Å². The van der Waals surface area contributed by atoms with E-state index in [2.05, 4.69) is 20.8 Å². The molecule has 2 saturated heterocycles. The first-order valence-corrected chi connectivity index (χ1v) is 9.47. The largest absolute Gasteiger partial charge is 0.375 e. The normalized spacial score (nSPS) is 35.6. The summed E-state index contributed by atoms with van der Waals surface area (Å²) in [5.74, 6) is 2.43. The van der Waals surface area contributed by atoms with Crippen molar-refractivity contribution in [3.05, 3.63) is 0 Å². The van der Waals surface area contributed by atoms with E-state index in [1.807, 2.05) is 0 Å². The van der Waals surface area contributed by atoms with Crippen LogP contribution in [0, 0.1) is 17.8 Å². The predicted molar refractivity (Wildman–Crippen MR) is 88.5 cm³/mol. The van der Waals surface area contributed by atoms with Crippen molar-refractivity contribution in [1.29, 1.82) is 0 Å². The van der Waals surface area contributed by atoms with Gasteiger partial charge in [0.1, 0.15) is 0 Å². The van der Waals surface area contributed by atoms with Crippen molar-refractivity contribution in [2.75, 3.05) is 13.2 Å². The van der Waals surface area contributed by atoms with E-state index in [-0.39, 0.29) is 0 Å². The smallest absolute Gasteiger partial charge is 0.0836 e. The Morgan fingerprint density at radius 1 is 0.857 bits per heavy atom. The molecule has 2 heterocycles. The Bertz CT molecular complexity index is 263. The highest BCUT2D eigenvalue weighted by Gasteiger charge is 2.33. The number of hydrogen-bond acceptors (Lipinski definition) is 2. The molecule has 0 aromatic rings. The van der Waals surface area contributed by atoms with Gasteiger partial charge in [-0.2, -0.15) is 0 Å². The van der Waals surface area contributed by atoms with Crippen molar-refractivity contribution in [3.8, 4) is 0 Å². The number of hydrogen-bond donors (Lipinski definition) is 0. The molecule has 0 aromatic carbocycles. The molecule has 21 heavy (non-hydrogen) atoms. The average Bonchev–Trinajstić information content (AvgIpc) is 2.52. The fourth-order valence-corrected chi connectivity index (χ4v) is 4.11. The molecule has 5 atom stereocenters. The topological polar surface area (TPSA) is 18.5 Å². The van der Waals surface area contributed by atoms with Gasteiger partial charge in [0, 0.05) is 6.61 Å². The van der Waals surface area contributed by atoms with Crippen molar-refractivity contribution in [2.24, 2.45) is 17.8 Å². The standard InChI is InChI=1S/C19H36O2/c1-4-6-8-16(7-5-2)17-10-12-19(21-14-17)18-11-9-15(3)13-20-18/h15-19H,4-14H2,1-3H3. The Kier molecular flexibility index (Phi) is 7.53. The lowest BCUT2D eigenvalue weighted by Gasteiger charge is -2.39. The molecule has 0 N–H and O–H groups in total. The molecular weight excluding hydrogens is 260 g/mol. The SMILES string of the molecule is CCCCC(CCC)C1CCC(C2CCC(C)CO2)OC1. The van der Waals surface area contributed by atoms with E-state index in [4.69, 9.17) is 9.47 Å². The van der Waals surface area contributed by atoms with Gasteiger partial charge in [0.25, 0.3) is 0 Å². The minimum absolute atomic E-state index is 0.377. The molecule has 0 spiro atoms. The molecular formula is C19H36O2. The van der Waals surface area contributed by atoms with Crippen LogP contribution < -0.4 is 0 Å². The van der Waals surface area contributed by atoms with Crippen LogP contribution in [0.15, 0.2) is 0 Å². The second kappa shape index (κ2) is 9.15. The first-order valence-electron chi connectivity index (χ1n) is 9.47. The summed E-state index contributed by atoms with van der Waals surface area (Å²) in [5, 5.41) is 0. The summed E-state index contributed by atoms with van der Waals surface area (Å²) in [5.41, 5.74) is 0. The summed E-state index contributed by atoms with van der Waals surface area (Å²) in [6.07, 6.45) is 12.6. The zero-order chi connectivity index (χ0) is 15.1. The van der Waals surface area contributed by atoms with Crippen molar-refractivity contribution < 1.29 is 9.47 Å². The van der Waals surface area contributed by atoms with Crippen LogP contribution in [-0.4, -0.2) is 25.4 Å². The summed E-state index contributed by atoms with van der Waals surface area (Å²) in [6, 6.07) is 0. The van der Waals surface area contributed by atoms with Crippen LogP contribution in [0.1, 0.15) is 78.6 Å². The van der Waals surface area contributed by atoms with E-state index in [0.717, 1.165) is 31.0 Å². The molecule has 2 rings (SSSR count). The molecule has 5 unspecified atom stereocenters. The Morgan fingerprint density at radius 2 is 1.57 bits per heavy atom. The van der Waals surface area contributed by atoms with Gasteiger partial charge in [-0.05, 0) is 43.4 Å². The third-order valence-corrected chi connectivity index (χ3v) is 5.55. The van der Waals surface area contributed by atoms with Crippen LogP contribution >= 0.6 is 0 Å². The fourth-order valence-electron chi connectivity index (χ4n) is 4.11. The molecule has 2 heteroatoms. The Hall–Kier alpha value is -0.0800. The molecule has 0 aliphatic carbocycles. The van der Waals surface area contributed by atoms with E-state index in [9.17, 15) is 0 Å². The molecule has 124 valence electrons. The van der Waals surface area contributed by atoms with Crippen LogP contribution in [0.2, 0.25) is 0 Å². The zero-order valence-electron chi connectivity index (χ0n) is 14.5. The van der Waals surface area contributed by atoms with Crippen molar-refractivity contribution >= 4 is 0 Å². The third-order valence-electron chi connectivity index (χ3n) is 5.55. The number of ether oxygens (including phenoxy) is 2. The minimum Gasteiger partial charge on any atom is -0.375 e. The van der Waals surface area contributed by atoms with E-state index in [1.54, 1.807) is 0 Å². The van der Waals surface area contributed by atoms with Gasteiger partial charge in [0.05, 0.1) is 18.8 Å². The fraction of sp³-hybridized carbons (Fsp3) is 1.00. The first kappa shape index (κ1) is 17.3. The van der Waals surface area contributed by atoms with Gasteiger partial charge in [-0.15, -0.1) is 0 Å². The van der Waals surface area contributed by atoms with Crippen LogP contribution in [0.4, 0.5) is 0 Å². The highest BCUT2D eigenvalue weighted by molar-refractivity contribution is 4.82. The van der Waals surface area contributed by atoms with Crippen LogP contribution in [-0.2, 0) is 9.47 Å². The zero-order valence-corrected chi connectivity index (χ0v) is 14.5. The summed E-state index contributed by atoms with van der Waals surface area (Å²) in [4.78, 5) is 0. The Morgan fingerprint density at radius 3 is 2.10 bits per heavy atom. The van der Waals surface area contributed by atoms with Gasteiger partial charge in [-0.3, -0.25) is 0 Å². The van der Waals surface area contributed by atoms with Gasteiger partial charge in [0.15, 0.2) is 0 Å². The predicted octanol–water partition coefficient (Wildman–Crippen LogP) is 5.20. The lowest BCUT2D eigenvalue weighted by Crippen LogP contribution is -2.41. The van der Waals surface area contributed by atoms with Gasteiger partial charge < -0.3 is 9.47 Å². The summed E-state index contributed by atoms with van der Waals surface area (Å²) in [7, 11) is 0. The van der Waals surface area contributed by atoms with Crippen LogP contribution in [0.5, 0.6) is 0 Å². The number of unbranched alkanes of at least 4 members (excludes halogenated alkanes) is 1. The van der Waals surface area contributed by atoms with Crippen molar-refractivity contribution in [2.45, 2.75) is 90.8 Å². The van der Waals surface area contributed by atoms with E-state index >= 15 is 0 Å². The van der Waals surface area contributed by atoms with Gasteiger partial charge in [0.2, 0.25) is 0 Å². The quantitative estimate of drug-likeness (QED) is 0.642.